The van der Waals surface area contributed by atoms with E-state index in [9.17, 15) is 4.39 Å². The summed E-state index contributed by atoms with van der Waals surface area (Å²) in [6.45, 7) is 9.19. The van der Waals surface area contributed by atoms with Gasteiger partial charge in [-0.25, -0.2) is 9.37 Å². The fourth-order valence-corrected chi connectivity index (χ4v) is 3.33. The summed E-state index contributed by atoms with van der Waals surface area (Å²) in [7, 11) is 0. The SMILES string of the molecule is CCNC(=NCCCCOc1ccc(F)cc1)NCCc1nc(C)c(C)s1. The van der Waals surface area contributed by atoms with Crippen LogP contribution in [-0.2, 0) is 6.42 Å². The molecule has 0 aliphatic heterocycles. The van der Waals surface area contributed by atoms with Gasteiger partial charge in [0, 0.05) is 30.9 Å². The van der Waals surface area contributed by atoms with Gasteiger partial charge in [-0.05, 0) is 57.9 Å². The van der Waals surface area contributed by atoms with Crippen molar-refractivity contribution in [2.24, 2.45) is 4.99 Å². The molecular weight excluding hydrogens is 363 g/mol. The van der Waals surface area contributed by atoms with E-state index in [-0.39, 0.29) is 5.82 Å². The van der Waals surface area contributed by atoms with Crippen LogP contribution >= 0.6 is 11.3 Å². The fourth-order valence-electron chi connectivity index (χ4n) is 2.40. The Labute approximate surface area is 165 Å². The molecule has 1 heterocycles. The number of rotatable bonds is 10. The van der Waals surface area contributed by atoms with Gasteiger partial charge in [0.2, 0.25) is 0 Å². The topological polar surface area (TPSA) is 58.5 Å². The van der Waals surface area contributed by atoms with Gasteiger partial charge < -0.3 is 15.4 Å². The van der Waals surface area contributed by atoms with Gasteiger partial charge in [-0.1, -0.05) is 0 Å². The third kappa shape index (κ3) is 7.95. The van der Waals surface area contributed by atoms with Crippen LogP contribution in [0, 0.1) is 19.7 Å². The molecule has 0 amide bonds. The molecule has 5 nitrogen and oxygen atoms in total. The molecule has 0 fully saturated rings. The highest BCUT2D eigenvalue weighted by Gasteiger charge is 2.04. The molecule has 0 unspecified atom stereocenters. The van der Waals surface area contributed by atoms with E-state index >= 15 is 0 Å². The minimum absolute atomic E-state index is 0.250. The average Bonchev–Trinajstić information content (AvgIpc) is 2.97. The molecule has 0 spiro atoms. The Kier molecular flexibility index (Phi) is 9.04. The maximum atomic E-state index is 12.8. The number of nitrogens with zero attached hydrogens (tertiary/aromatic N) is 2. The van der Waals surface area contributed by atoms with Crippen molar-refractivity contribution in [1.29, 1.82) is 0 Å². The van der Waals surface area contributed by atoms with Gasteiger partial charge >= 0.3 is 0 Å². The van der Waals surface area contributed by atoms with E-state index in [1.165, 1.54) is 17.0 Å². The summed E-state index contributed by atoms with van der Waals surface area (Å²) >= 11 is 1.76. The number of thiazole rings is 1. The second-order valence-corrected chi connectivity index (χ2v) is 7.48. The van der Waals surface area contributed by atoms with Crippen molar-refractivity contribution in [3.8, 4) is 5.75 Å². The van der Waals surface area contributed by atoms with Crippen LogP contribution < -0.4 is 15.4 Å². The van der Waals surface area contributed by atoms with Crippen molar-refractivity contribution in [1.82, 2.24) is 15.6 Å². The van der Waals surface area contributed by atoms with Crippen LogP contribution in [0.5, 0.6) is 5.75 Å². The average molecular weight is 393 g/mol. The molecule has 1 aromatic heterocycles. The zero-order valence-corrected chi connectivity index (χ0v) is 17.2. The molecule has 0 bridgehead atoms. The molecule has 0 saturated carbocycles. The Morgan fingerprint density at radius 2 is 1.96 bits per heavy atom. The number of ether oxygens (including phenoxy) is 1. The van der Waals surface area contributed by atoms with Gasteiger partial charge in [0.1, 0.15) is 11.6 Å². The normalized spacial score (nSPS) is 11.5. The van der Waals surface area contributed by atoms with Crippen LogP contribution in [0.25, 0.3) is 0 Å². The smallest absolute Gasteiger partial charge is 0.191 e. The van der Waals surface area contributed by atoms with Crippen LogP contribution in [0.1, 0.15) is 35.3 Å². The molecule has 148 valence electrons. The molecule has 27 heavy (non-hydrogen) atoms. The molecular formula is C20H29FN4OS. The lowest BCUT2D eigenvalue weighted by Gasteiger charge is -2.10. The molecule has 1 aromatic carbocycles. The Balaban J connectivity index is 1.64. The van der Waals surface area contributed by atoms with Crippen molar-refractivity contribution in [3.05, 3.63) is 45.7 Å². The molecule has 0 atom stereocenters. The highest BCUT2D eigenvalue weighted by Crippen LogP contribution is 2.16. The van der Waals surface area contributed by atoms with E-state index in [4.69, 9.17) is 4.74 Å². The first-order valence-corrected chi connectivity index (χ1v) is 10.2. The predicted octanol–water partition coefficient (Wildman–Crippen LogP) is 3.86. The lowest BCUT2D eigenvalue weighted by Crippen LogP contribution is -2.38. The van der Waals surface area contributed by atoms with Gasteiger partial charge in [0.25, 0.3) is 0 Å². The number of aromatic nitrogens is 1. The van der Waals surface area contributed by atoms with Gasteiger partial charge in [-0.2, -0.15) is 0 Å². The van der Waals surface area contributed by atoms with Gasteiger partial charge in [0.05, 0.1) is 17.3 Å². The van der Waals surface area contributed by atoms with E-state index < -0.39 is 0 Å². The van der Waals surface area contributed by atoms with Gasteiger partial charge in [0.15, 0.2) is 5.96 Å². The molecule has 7 heteroatoms. The lowest BCUT2D eigenvalue weighted by atomic mass is 10.3. The quantitative estimate of drug-likeness (QED) is 0.366. The summed E-state index contributed by atoms with van der Waals surface area (Å²) in [5.41, 5.74) is 1.12. The number of aryl methyl sites for hydroxylation is 2. The third-order valence-corrected chi connectivity index (χ3v) is 5.09. The molecule has 0 radical (unpaired) electrons. The fraction of sp³-hybridized carbons (Fsp3) is 0.500. The minimum Gasteiger partial charge on any atom is -0.494 e. The van der Waals surface area contributed by atoms with Crippen LogP contribution in [0.3, 0.4) is 0 Å². The first-order chi connectivity index (χ1) is 13.1. The van der Waals surface area contributed by atoms with E-state index in [1.54, 1.807) is 23.5 Å². The van der Waals surface area contributed by atoms with Gasteiger partial charge in [-0.3, -0.25) is 4.99 Å². The Morgan fingerprint density at radius 3 is 2.63 bits per heavy atom. The number of halogens is 1. The second-order valence-electron chi connectivity index (χ2n) is 6.20. The summed E-state index contributed by atoms with van der Waals surface area (Å²) < 4.78 is 18.4. The summed E-state index contributed by atoms with van der Waals surface area (Å²) in [6.07, 6.45) is 2.73. The molecule has 2 rings (SSSR count). The number of unbranched alkanes of at least 4 members (excludes halogenated alkanes) is 1. The molecule has 0 saturated heterocycles. The Morgan fingerprint density at radius 1 is 1.19 bits per heavy atom. The highest BCUT2D eigenvalue weighted by atomic mass is 32.1. The lowest BCUT2D eigenvalue weighted by molar-refractivity contribution is 0.307. The summed E-state index contributed by atoms with van der Waals surface area (Å²) in [5.74, 6) is 1.28. The van der Waals surface area contributed by atoms with Crippen LogP contribution in [0.4, 0.5) is 4.39 Å². The van der Waals surface area contributed by atoms with Crippen molar-refractivity contribution in [3.63, 3.8) is 0 Å². The Bertz CT molecular complexity index is 696. The molecule has 0 aliphatic rings. The molecule has 0 aliphatic carbocycles. The number of hydrogen-bond donors (Lipinski definition) is 2. The van der Waals surface area contributed by atoms with Crippen molar-refractivity contribution < 1.29 is 9.13 Å². The van der Waals surface area contributed by atoms with E-state index in [1.807, 2.05) is 6.92 Å². The maximum Gasteiger partial charge on any atom is 0.191 e. The number of hydrogen-bond acceptors (Lipinski definition) is 4. The zero-order chi connectivity index (χ0) is 19.5. The predicted molar refractivity (Wildman–Crippen MR) is 110 cm³/mol. The zero-order valence-electron chi connectivity index (χ0n) is 16.3. The first kappa shape index (κ1) is 21.2. The van der Waals surface area contributed by atoms with Crippen LogP contribution in [0.2, 0.25) is 0 Å². The number of guanidine groups is 1. The van der Waals surface area contributed by atoms with E-state index in [2.05, 4.69) is 34.5 Å². The summed E-state index contributed by atoms with van der Waals surface area (Å²) in [5, 5.41) is 7.78. The van der Waals surface area contributed by atoms with Crippen LogP contribution in [-0.4, -0.2) is 37.2 Å². The number of nitrogens with one attached hydrogen (secondary N) is 2. The van der Waals surface area contributed by atoms with E-state index in [0.717, 1.165) is 55.6 Å². The third-order valence-electron chi connectivity index (χ3n) is 3.95. The monoisotopic (exact) mass is 392 g/mol. The summed E-state index contributed by atoms with van der Waals surface area (Å²) in [4.78, 5) is 10.4. The van der Waals surface area contributed by atoms with Crippen LogP contribution in [0.15, 0.2) is 29.3 Å². The first-order valence-electron chi connectivity index (χ1n) is 9.42. The van der Waals surface area contributed by atoms with Crippen molar-refractivity contribution in [2.75, 3.05) is 26.2 Å². The Hall–Kier alpha value is -2.15. The number of aliphatic imine (C=N–C) groups is 1. The van der Waals surface area contributed by atoms with Crippen molar-refractivity contribution >= 4 is 17.3 Å². The van der Waals surface area contributed by atoms with Gasteiger partial charge in [-0.15, -0.1) is 11.3 Å². The minimum atomic E-state index is -0.250. The van der Waals surface area contributed by atoms with E-state index in [0.29, 0.717) is 12.4 Å². The molecule has 2 N–H and O–H groups in total. The number of benzene rings is 1. The molecule has 2 aromatic rings. The highest BCUT2D eigenvalue weighted by molar-refractivity contribution is 7.11. The largest absolute Gasteiger partial charge is 0.494 e. The summed E-state index contributed by atoms with van der Waals surface area (Å²) in [6, 6.07) is 6.10. The second kappa shape index (κ2) is 11.5. The maximum absolute atomic E-state index is 12.8. The standard InChI is InChI=1S/C20H29FN4OS/c1-4-22-20(24-13-11-19-25-15(2)16(3)27-19)23-12-5-6-14-26-18-9-7-17(21)8-10-18/h7-10H,4-6,11-14H2,1-3H3,(H2,22,23,24). The van der Waals surface area contributed by atoms with Crippen molar-refractivity contribution in [2.45, 2.75) is 40.0 Å².